The molecule has 0 radical (unpaired) electrons. The van der Waals surface area contributed by atoms with Crippen LogP contribution in [-0.4, -0.2) is 31.5 Å². The third-order valence-corrected chi connectivity index (χ3v) is 4.66. The molecule has 2 N–H and O–H groups in total. The maximum Gasteiger partial charge on any atom is 0.170 e. The molecule has 0 amide bonds. The lowest BCUT2D eigenvalue weighted by molar-refractivity contribution is 0.0601. The molecule has 1 aromatic carbocycles. The van der Waals surface area contributed by atoms with Crippen LogP contribution in [0.4, 0.5) is 0 Å². The number of carbonyl (C=O) groups is 1. The zero-order valence-corrected chi connectivity index (χ0v) is 14.2. The molecule has 3 nitrogen and oxygen atoms in total. The van der Waals surface area contributed by atoms with Crippen molar-refractivity contribution in [3.05, 3.63) is 35.9 Å². The Morgan fingerprint density at radius 1 is 1.27 bits per heavy atom. The van der Waals surface area contributed by atoms with E-state index in [9.17, 15) is 4.79 Å². The van der Waals surface area contributed by atoms with Gasteiger partial charge in [0.25, 0.3) is 0 Å². The molecular weight excluding hydrogens is 272 g/mol. The highest BCUT2D eigenvalue weighted by molar-refractivity contribution is 6.01. The maximum absolute atomic E-state index is 13.4. The van der Waals surface area contributed by atoms with E-state index in [0.717, 1.165) is 44.5 Å². The van der Waals surface area contributed by atoms with Crippen LogP contribution in [0.1, 0.15) is 50.4 Å². The average Bonchev–Trinajstić information content (AvgIpc) is 2.55. The quantitative estimate of drug-likeness (QED) is 0.760. The Hall–Kier alpha value is -1.19. The third kappa shape index (κ3) is 3.76. The fourth-order valence-electron chi connectivity index (χ4n) is 3.88. The molecule has 2 atom stereocenters. The van der Waals surface area contributed by atoms with Gasteiger partial charge in [0, 0.05) is 31.2 Å². The van der Waals surface area contributed by atoms with Gasteiger partial charge < -0.3 is 10.6 Å². The molecule has 0 aromatic heterocycles. The Labute approximate surface area is 134 Å². The van der Waals surface area contributed by atoms with Gasteiger partial charge in [-0.2, -0.15) is 0 Å². The number of nitrogens with one attached hydrogen (secondary N) is 2. The fraction of sp³-hybridized carbons (Fsp3) is 0.632. The predicted octanol–water partition coefficient (Wildman–Crippen LogP) is 3.26. The fourth-order valence-corrected chi connectivity index (χ4v) is 3.88. The van der Waals surface area contributed by atoms with Gasteiger partial charge in [-0.05, 0) is 18.8 Å². The second-order valence-corrected chi connectivity index (χ2v) is 6.91. The van der Waals surface area contributed by atoms with Crippen LogP contribution >= 0.6 is 0 Å². The highest BCUT2D eigenvalue weighted by Gasteiger charge is 2.45. The first-order valence-corrected chi connectivity index (χ1v) is 8.64. The van der Waals surface area contributed by atoms with Crippen LogP contribution in [0.15, 0.2) is 30.3 Å². The van der Waals surface area contributed by atoms with Crippen molar-refractivity contribution in [2.75, 3.05) is 19.6 Å². The largest absolute Gasteiger partial charge is 0.314 e. The van der Waals surface area contributed by atoms with Gasteiger partial charge in [-0.3, -0.25) is 4.79 Å². The zero-order chi connectivity index (χ0) is 16.0. The first-order valence-electron chi connectivity index (χ1n) is 8.64. The summed E-state index contributed by atoms with van der Waals surface area (Å²) < 4.78 is 0. The lowest BCUT2D eigenvalue weighted by Gasteiger charge is -2.43. The van der Waals surface area contributed by atoms with Crippen molar-refractivity contribution in [3.63, 3.8) is 0 Å². The molecule has 1 heterocycles. The topological polar surface area (TPSA) is 41.1 Å². The summed E-state index contributed by atoms with van der Waals surface area (Å²) in [6.45, 7) is 9.43. The molecule has 1 aromatic rings. The number of hydrogen-bond acceptors (Lipinski definition) is 3. The summed E-state index contributed by atoms with van der Waals surface area (Å²) >= 11 is 0. The number of benzene rings is 1. The van der Waals surface area contributed by atoms with E-state index in [-0.39, 0.29) is 11.5 Å². The molecule has 1 aliphatic heterocycles. The summed E-state index contributed by atoms with van der Waals surface area (Å²) in [6.07, 6.45) is 2.91. The third-order valence-electron chi connectivity index (χ3n) is 4.66. The monoisotopic (exact) mass is 302 g/mol. The smallest absolute Gasteiger partial charge is 0.170 e. The van der Waals surface area contributed by atoms with Crippen molar-refractivity contribution in [3.8, 4) is 0 Å². The molecule has 2 rings (SSSR count). The van der Waals surface area contributed by atoms with E-state index in [1.165, 1.54) is 0 Å². The van der Waals surface area contributed by atoms with Crippen molar-refractivity contribution in [2.24, 2.45) is 11.3 Å². The lowest BCUT2D eigenvalue weighted by Crippen LogP contribution is -2.59. The van der Waals surface area contributed by atoms with Crippen LogP contribution in [0.3, 0.4) is 0 Å². The number of rotatable bonds is 7. The van der Waals surface area contributed by atoms with Crippen LogP contribution in [0.25, 0.3) is 0 Å². The molecule has 0 bridgehead atoms. The number of hydrogen-bond donors (Lipinski definition) is 2. The van der Waals surface area contributed by atoms with Crippen molar-refractivity contribution in [2.45, 2.75) is 46.1 Å². The Bertz CT molecular complexity index is 466. The van der Waals surface area contributed by atoms with Crippen LogP contribution in [0.2, 0.25) is 0 Å². The molecule has 122 valence electrons. The minimum absolute atomic E-state index is 0.219. The molecule has 0 aliphatic carbocycles. The van der Waals surface area contributed by atoms with E-state index in [0.29, 0.717) is 11.7 Å². The zero-order valence-electron chi connectivity index (χ0n) is 14.2. The van der Waals surface area contributed by atoms with Crippen molar-refractivity contribution in [1.82, 2.24) is 10.6 Å². The van der Waals surface area contributed by atoms with Crippen LogP contribution < -0.4 is 10.6 Å². The molecule has 0 spiro atoms. The Balaban J connectivity index is 2.39. The van der Waals surface area contributed by atoms with E-state index in [1.54, 1.807) is 0 Å². The Kier molecular flexibility index (Phi) is 6.16. The predicted molar refractivity (Wildman–Crippen MR) is 92.2 cm³/mol. The van der Waals surface area contributed by atoms with Crippen molar-refractivity contribution < 1.29 is 4.79 Å². The van der Waals surface area contributed by atoms with Gasteiger partial charge in [0.1, 0.15) is 0 Å². The summed E-state index contributed by atoms with van der Waals surface area (Å²) in [5, 5.41) is 7.08. The average molecular weight is 302 g/mol. The van der Waals surface area contributed by atoms with E-state index >= 15 is 0 Å². The van der Waals surface area contributed by atoms with E-state index in [2.05, 4.69) is 31.4 Å². The molecule has 0 saturated carbocycles. The van der Waals surface area contributed by atoms with Crippen LogP contribution in [0.5, 0.6) is 0 Å². The highest BCUT2D eigenvalue weighted by Crippen LogP contribution is 2.39. The van der Waals surface area contributed by atoms with Gasteiger partial charge in [-0.15, -0.1) is 0 Å². The standard InChI is InChI=1S/C19H30N2O/c1-4-10-19(13-15(2)3,17-14-20-11-12-21-17)18(22)16-8-6-5-7-9-16/h5-9,15,17,20-21H,4,10-14H2,1-3H3. The first-order chi connectivity index (χ1) is 10.6. The van der Waals surface area contributed by atoms with E-state index < -0.39 is 0 Å². The molecule has 22 heavy (non-hydrogen) atoms. The number of piperazine rings is 1. The summed E-state index contributed by atoms with van der Waals surface area (Å²) in [6, 6.07) is 10.0. The van der Waals surface area contributed by atoms with E-state index in [1.807, 2.05) is 30.3 Å². The molecule has 3 heteroatoms. The molecule has 1 saturated heterocycles. The SMILES string of the molecule is CCCC(CC(C)C)(C(=O)c1ccccc1)C1CNCCN1. The summed E-state index contributed by atoms with van der Waals surface area (Å²) in [5.41, 5.74) is 0.543. The molecule has 1 aliphatic rings. The minimum Gasteiger partial charge on any atom is -0.314 e. The summed E-state index contributed by atoms with van der Waals surface area (Å²) in [5.74, 6) is 0.813. The maximum atomic E-state index is 13.4. The molecular formula is C19H30N2O. The minimum atomic E-state index is -0.308. The number of Topliss-reactive ketones (excluding diaryl/α,β-unsaturated/α-hetero) is 1. The second-order valence-electron chi connectivity index (χ2n) is 6.91. The second kappa shape index (κ2) is 7.89. The van der Waals surface area contributed by atoms with Gasteiger partial charge in [0.2, 0.25) is 0 Å². The summed E-state index contributed by atoms with van der Waals surface area (Å²) in [4.78, 5) is 13.4. The lowest BCUT2D eigenvalue weighted by atomic mass is 9.66. The Morgan fingerprint density at radius 3 is 2.55 bits per heavy atom. The van der Waals surface area contributed by atoms with Gasteiger partial charge in [-0.25, -0.2) is 0 Å². The van der Waals surface area contributed by atoms with Gasteiger partial charge in [0.05, 0.1) is 5.41 Å². The van der Waals surface area contributed by atoms with Gasteiger partial charge in [-0.1, -0.05) is 57.5 Å². The van der Waals surface area contributed by atoms with Crippen molar-refractivity contribution in [1.29, 1.82) is 0 Å². The van der Waals surface area contributed by atoms with Gasteiger partial charge >= 0.3 is 0 Å². The summed E-state index contributed by atoms with van der Waals surface area (Å²) in [7, 11) is 0. The molecule has 2 unspecified atom stereocenters. The normalized spacial score (nSPS) is 21.5. The number of ketones is 1. The van der Waals surface area contributed by atoms with Crippen molar-refractivity contribution >= 4 is 5.78 Å². The highest BCUT2D eigenvalue weighted by atomic mass is 16.1. The van der Waals surface area contributed by atoms with E-state index in [4.69, 9.17) is 0 Å². The molecule has 1 fully saturated rings. The number of carbonyl (C=O) groups excluding carboxylic acids is 1. The first kappa shape index (κ1) is 17.2. The Morgan fingerprint density at radius 2 is 2.00 bits per heavy atom. The van der Waals surface area contributed by atoms with Crippen LogP contribution in [-0.2, 0) is 0 Å². The van der Waals surface area contributed by atoms with Gasteiger partial charge in [0.15, 0.2) is 5.78 Å². The van der Waals surface area contributed by atoms with Crippen LogP contribution in [0, 0.1) is 11.3 Å².